The average molecular weight is 426 g/mol. The van der Waals surface area contributed by atoms with E-state index in [4.69, 9.17) is 0 Å². The Labute approximate surface area is 177 Å². The van der Waals surface area contributed by atoms with Gasteiger partial charge in [-0.1, -0.05) is 48.5 Å². The van der Waals surface area contributed by atoms with Crippen LogP contribution in [0.2, 0.25) is 0 Å². The van der Waals surface area contributed by atoms with Crippen molar-refractivity contribution in [2.45, 2.75) is 19.3 Å². The number of aromatic nitrogens is 3. The highest BCUT2D eigenvalue weighted by Gasteiger charge is 2.29. The zero-order chi connectivity index (χ0) is 22.0. The Hall–Kier alpha value is -3.39. The fraction of sp³-hybridized carbons (Fsp3) is 0.217. The summed E-state index contributed by atoms with van der Waals surface area (Å²) in [5.74, 6) is 0.141. The standard InChI is InChI=1S/C23H21F3N4O/c1-29(14-20-27-11-12-30(20)15-23(24,25)26)13-19(31)21-17-9-5-6-10-18(17)28-22(21)16-7-3-2-4-8-16/h2-12,28H,13-15H2,1H3. The highest BCUT2D eigenvalue weighted by atomic mass is 19.4. The van der Waals surface area contributed by atoms with Gasteiger partial charge in [0, 0.05) is 23.3 Å². The Morgan fingerprint density at radius 1 is 1.10 bits per heavy atom. The van der Waals surface area contributed by atoms with Crippen molar-refractivity contribution in [3.05, 3.63) is 78.4 Å². The van der Waals surface area contributed by atoms with Crippen LogP contribution in [0.3, 0.4) is 0 Å². The molecule has 2 aromatic carbocycles. The summed E-state index contributed by atoms with van der Waals surface area (Å²) in [5, 5.41) is 0.818. The Bertz CT molecular complexity index is 1190. The van der Waals surface area contributed by atoms with Crippen LogP contribution in [0.15, 0.2) is 67.0 Å². The SMILES string of the molecule is CN(CC(=O)c1c(-c2ccccc2)[nH]c2ccccc12)Cc1nccn1CC(F)(F)F. The third kappa shape index (κ3) is 4.69. The fourth-order valence-electron chi connectivity index (χ4n) is 3.70. The number of hydrogen-bond donors (Lipinski definition) is 1. The van der Waals surface area contributed by atoms with Crippen LogP contribution in [0.1, 0.15) is 16.2 Å². The van der Waals surface area contributed by atoms with Gasteiger partial charge in [-0.2, -0.15) is 13.2 Å². The molecule has 0 radical (unpaired) electrons. The van der Waals surface area contributed by atoms with Gasteiger partial charge in [-0.15, -0.1) is 0 Å². The van der Waals surface area contributed by atoms with Crippen LogP contribution in [0.25, 0.3) is 22.2 Å². The van der Waals surface area contributed by atoms with Crippen molar-refractivity contribution in [3.8, 4) is 11.3 Å². The summed E-state index contributed by atoms with van der Waals surface area (Å²) in [7, 11) is 1.70. The molecule has 5 nitrogen and oxygen atoms in total. The van der Waals surface area contributed by atoms with Gasteiger partial charge >= 0.3 is 6.18 Å². The molecular formula is C23H21F3N4O. The van der Waals surface area contributed by atoms with Crippen LogP contribution in [-0.4, -0.2) is 45.0 Å². The summed E-state index contributed by atoms with van der Waals surface area (Å²) in [5.41, 5.74) is 3.06. The number of nitrogens with one attached hydrogen (secondary N) is 1. The normalized spacial score (nSPS) is 12.0. The first-order valence-corrected chi connectivity index (χ1v) is 9.76. The third-order valence-electron chi connectivity index (χ3n) is 5.02. The number of H-pyrrole nitrogens is 1. The summed E-state index contributed by atoms with van der Waals surface area (Å²) >= 11 is 0. The number of alkyl halides is 3. The number of benzene rings is 2. The number of para-hydroxylation sites is 1. The van der Waals surface area contributed by atoms with Crippen molar-refractivity contribution in [2.24, 2.45) is 0 Å². The zero-order valence-electron chi connectivity index (χ0n) is 16.9. The number of Topliss-reactive ketones (excluding diaryl/α,β-unsaturated/α-hetero) is 1. The van der Waals surface area contributed by atoms with E-state index in [1.165, 1.54) is 12.4 Å². The maximum atomic E-state index is 13.3. The zero-order valence-corrected chi connectivity index (χ0v) is 16.9. The Kier molecular flexibility index (Phi) is 5.65. The predicted octanol–water partition coefficient (Wildman–Crippen LogP) is 4.91. The number of fused-ring (bicyclic) bond motifs is 1. The van der Waals surface area contributed by atoms with Crippen LogP contribution in [0.4, 0.5) is 13.2 Å². The van der Waals surface area contributed by atoms with E-state index in [1.54, 1.807) is 11.9 Å². The minimum Gasteiger partial charge on any atom is -0.354 e. The lowest BCUT2D eigenvalue weighted by Gasteiger charge is -2.17. The maximum absolute atomic E-state index is 13.3. The van der Waals surface area contributed by atoms with Crippen LogP contribution in [0, 0.1) is 0 Å². The van der Waals surface area contributed by atoms with Crippen molar-refractivity contribution >= 4 is 16.7 Å². The number of imidazole rings is 1. The summed E-state index contributed by atoms with van der Waals surface area (Å²) in [6.07, 6.45) is -1.70. The lowest BCUT2D eigenvalue weighted by atomic mass is 10.0. The molecule has 2 aromatic heterocycles. The summed E-state index contributed by atoms with van der Waals surface area (Å²) in [6, 6.07) is 17.2. The van der Waals surface area contributed by atoms with E-state index in [1.807, 2.05) is 54.6 Å². The summed E-state index contributed by atoms with van der Waals surface area (Å²) < 4.78 is 39.4. The fourth-order valence-corrected chi connectivity index (χ4v) is 3.70. The molecule has 0 atom stereocenters. The topological polar surface area (TPSA) is 53.9 Å². The monoisotopic (exact) mass is 426 g/mol. The number of ketones is 1. The second kappa shape index (κ2) is 8.39. The Morgan fingerprint density at radius 2 is 1.81 bits per heavy atom. The Morgan fingerprint density at radius 3 is 2.55 bits per heavy atom. The number of rotatable bonds is 7. The molecule has 0 aliphatic carbocycles. The molecule has 1 N–H and O–H groups in total. The summed E-state index contributed by atoms with van der Waals surface area (Å²) in [6.45, 7) is -0.941. The lowest BCUT2D eigenvalue weighted by Crippen LogP contribution is -2.28. The number of carbonyl (C=O) groups is 1. The highest BCUT2D eigenvalue weighted by Crippen LogP contribution is 2.31. The minimum absolute atomic E-state index is 0.0422. The van der Waals surface area contributed by atoms with E-state index in [0.717, 1.165) is 26.7 Å². The summed E-state index contributed by atoms with van der Waals surface area (Å²) in [4.78, 5) is 22.3. The van der Waals surface area contributed by atoms with Crippen molar-refractivity contribution in [2.75, 3.05) is 13.6 Å². The molecule has 0 aliphatic heterocycles. The van der Waals surface area contributed by atoms with E-state index in [2.05, 4.69) is 9.97 Å². The molecule has 0 saturated carbocycles. The largest absolute Gasteiger partial charge is 0.406 e. The van der Waals surface area contributed by atoms with Crippen molar-refractivity contribution < 1.29 is 18.0 Å². The molecule has 8 heteroatoms. The number of aromatic amines is 1. The first-order valence-electron chi connectivity index (χ1n) is 9.76. The van der Waals surface area contributed by atoms with Gasteiger partial charge in [-0.25, -0.2) is 4.98 Å². The first-order chi connectivity index (χ1) is 14.8. The maximum Gasteiger partial charge on any atom is 0.406 e. The lowest BCUT2D eigenvalue weighted by molar-refractivity contribution is -0.141. The van der Waals surface area contributed by atoms with Gasteiger partial charge in [-0.3, -0.25) is 9.69 Å². The number of nitrogens with zero attached hydrogens (tertiary/aromatic N) is 3. The van der Waals surface area contributed by atoms with Crippen molar-refractivity contribution in [1.29, 1.82) is 0 Å². The number of likely N-dealkylation sites (N-methyl/N-ethyl adjacent to an activating group) is 1. The van der Waals surface area contributed by atoms with Gasteiger partial charge in [-0.05, 0) is 18.7 Å². The van der Waals surface area contributed by atoms with Gasteiger partial charge in [0.1, 0.15) is 12.4 Å². The smallest absolute Gasteiger partial charge is 0.354 e. The molecular weight excluding hydrogens is 405 g/mol. The van der Waals surface area contributed by atoms with E-state index in [-0.39, 0.29) is 24.7 Å². The molecule has 0 spiro atoms. The van der Waals surface area contributed by atoms with Gasteiger partial charge in [0.2, 0.25) is 0 Å². The number of carbonyl (C=O) groups excluding carboxylic acids is 1. The average Bonchev–Trinajstić information content (AvgIpc) is 3.31. The van der Waals surface area contributed by atoms with Gasteiger partial charge in [0.05, 0.1) is 24.3 Å². The van der Waals surface area contributed by atoms with Crippen molar-refractivity contribution in [1.82, 2.24) is 19.4 Å². The van der Waals surface area contributed by atoms with E-state index >= 15 is 0 Å². The Balaban J connectivity index is 1.59. The predicted molar refractivity (Wildman–Crippen MR) is 113 cm³/mol. The van der Waals surface area contributed by atoms with Crippen LogP contribution in [0.5, 0.6) is 0 Å². The molecule has 160 valence electrons. The molecule has 4 aromatic rings. The quantitative estimate of drug-likeness (QED) is 0.428. The number of hydrogen-bond acceptors (Lipinski definition) is 3. The molecule has 0 amide bonds. The van der Waals surface area contributed by atoms with E-state index in [9.17, 15) is 18.0 Å². The van der Waals surface area contributed by atoms with Gasteiger partial charge in [0.15, 0.2) is 5.78 Å². The third-order valence-corrected chi connectivity index (χ3v) is 5.02. The number of halogens is 3. The minimum atomic E-state index is -4.33. The molecule has 0 unspecified atom stereocenters. The molecule has 0 saturated heterocycles. The molecule has 0 aliphatic rings. The second-order valence-electron chi connectivity index (χ2n) is 7.47. The highest BCUT2D eigenvalue weighted by molar-refractivity contribution is 6.14. The molecule has 2 heterocycles. The molecule has 31 heavy (non-hydrogen) atoms. The second-order valence-corrected chi connectivity index (χ2v) is 7.47. The van der Waals surface area contributed by atoms with Crippen LogP contribution >= 0.6 is 0 Å². The van der Waals surface area contributed by atoms with Crippen LogP contribution in [-0.2, 0) is 13.1 Å². The van der Waals surface area contributed by atoms with E-state index in [0.29, 0.717) is 5.56 Å². The van der Waals surface area contributed by atoms with Gasteiger partial charge < -0.3 is 9.55 Å². The first kappa shape index (κ1) is 20.9. The van der Waals surface area contributed by atoms with Crippen LogP contribution < -0.4 is 0 Å². The molecule has 0 fully saturated rings. The molecule has 4 rings (SSSR count). The van der Waals surface area contributed by atoms with Crippen molar-refractivity contribution in [3.63, 3.8) is 0 Å². The van der Waals surface area contributed by atoms with E-state index < -0.39 is 12.7 Å². The van der Waals surface area contributed by atoms with Gasteiger partial charge in [0.25, 0.3) is 0 Å². The molecule has 0 bridgehead atoms.